The molecule has 0 spiro atoms. The van der Waals surface area contributed by atoms with Crippen molar-refractivity contribution in [1.29, 1.82) is 0 Å². The maximum Gasteiger partial charge on any atom is 0.0905 e. The molecule has 0 fully saturated rings. The fourth-order valence-corrected chi connectivity index (χ4v) is 2.07. The van der Waals surface area contributed by atoms with Gasteiger partial charge in [-0.1, -0.05) is 45.9 Å². The third-order valence-electron chi connectivity index (χ3n) is 2.89. The second-order valence-electron chi connectivity index (χ2n) is 5.49. The van der Waals surface area contributed by atoms with E-state index >= 15 is 0 Å². The van der Waals surface area contributed by atoms with Gasteiger partial charge in [-0.2, -0.15) is 0 Å². The van der Waals surface area contributed by atoms with Gasteiger partial charge in [0.1, 0.15) is 0 Å². The fourth-order valence-electron chi connectivity index (χ4n) is 2.07. The maximum atomic E-state index is 5.89. The van der Waals surface area contributed by atoms with Crippen molar-refractivity contribution < 1.29 is 9.47 Å². The fraction of sp³-hybridized carbons (Fsp3) is 0.714. The Morgan fingerprint density at radius 3 is 2.75 bits per heavy atom. The lowest BCUT2D eigenvalue weighted by Crippen LogP contribution is -2.45. The first-order chi connectivity index (χ1) is 7.46. The average Bonchev–Trinajstić information content (AvgIpc) is 2.19. The second-order valence-corrected chi connectivity index (χ2v) is 5.49. The minimum Gasteiger partial charge on any atom is -0.371 e. The van der Waals surface area contributed by atoms with Gasteiger partial charge < -0.3 is 9.47 Å². The van der Waals surface area contributed by atoms with E-state index in [0.29, 0.717) is 19.1 Å². The predicted octanol–water partition coefficient (Wildman–Crippen LogP) is 3.19. The molecule has 1 aliphatic heterocycles. The van der Waals surface area contributed by atoms with Crippen LogP contribution in [0.15, 0.2) is 24.8 Å². The van der Waals surface area contributed by atoms with Crippen molar-refractivity contribution in [3.63, 3.8) is 0 Å². The Bertz CT molecular complexity index is 250. The molecule has 0 radical (unpaired) electrons. The Hall–Kier alpha value is -0.600. The summed E-state index contributed by atoms with van der Waals surface area (Å²) in [6.45, 7) is 13.7. The molecule has 0 aliphatic carbocycles. The largest absolute Gasteiger partial charge is 0.371 e. The smallest absolute Gasteiger partial charge is 0.0905 e. The van der Waals surface area contributed by atoms with Crippen LogP contribution in [0, 0.1) is 11.3 Å². The summed E-state index contributed by atoms with van der Waals surface area (Å²) in [5.74, 6) is 0.405. The van der Waals surface area contributed by atoms with Gasteiger partial charge in [-0.15, -0.1) is 6.58 Å². The lowest BCUT2D eigenvalue weighted by molar-refractivity contribution is -0.121. The molecule has 0 bridgehead atoms. The van der Waals surface area contributed by atoms with Crippen LogP contribution in [-0.2, 0) is 9.47 Å². The minimum absolute atomic E-state index is 0.0765. The molecule has 1 heterocycles. The summed E-state index contributed by atoms with van der Waals surface area (Å²) in [5.41, 5.74) is 0.0765. The van der Waals surface area contributed by atoms with Crippen molar-refractivity contribution >= 4 is 0 Å². The average molecular weight is 224 g/mol. The first-order valence-corrected chi connectivity index (χ1v) is 5.97. The quantitative estimate of drug-likeness (QED) is 0.683. The molecule has 0 unspecified atom stereocenters. The van der Waals surface area contributed by atoms with Crippen LogP contribution in [0.2, 0.25) is 0 Å². The van der Waals surface area contributed by atoms with E-state index in [2.05, 4.69) is 46.4 Å². The predicted molar refractivity (Wildman–Crippen MR) is 67.4 cm³/mol. The molecule has 3 atom stereocenters. The molecular formula is C14H24O2. The standard InChI is InChI=1S/C14H24O2/c1-6-9-16-13(14(3,4)5)12-11(2)8-7-10-15-12/h6-8,11-13H,1,9-10H2,2-5H3/t11-,12+,13-/m1/s1. The summed E-state index contributed by atoms with van der Waals surface area (Å²) in [4.78, 5) is 0. The Kier molecular flexibility index (Phi) is 4.75. The van der Waals surface area contributed by atoms with Gasteiger partial charge in [0.25, 0.3) is 0 Å². The van der Waals surface area contributed by atoms with Gasteiger partial charge in [0.15, 0.2) is 0 Å². The lowest BCUT2D eigenvalue weighted by Gasteiger charge is -2.39. The van der Waals surface area contributed by atoms with Crippen LogP contribution in [0.1, 0.15) is 27.7 Å². The Balaban J connectivity index is 2.75. The van der Waals surface area contributed by atoms with Crippen molar-refractivity contribution in [1.82, 2.24) is 0 Å². The van der Waals surface area contributed by atoms with Gasteiger partial charge in [-0.3, -0.25) is 0 Å². The highest BCUT2D eigenvalue weighted by molar-refractivity contribution is 4.99. The van der Waals surface area contributed by atoms with Gasteiger partial charge in [0.05, 0.1) is 25.4 Å². The number of hydrogen-bond acceptors (Lipinski definition) is 2. The van der Waals surface area contributed by atoms with E-state index in [0.717, 1.165) is 0 Å². The molecule has 2 nitrogen and oxygen atoms in total. The molecule has 16 heavy (non-hydrogen) atoms. The normalized spacial score (nSPS) is 27.8. The van der Waals surface area contributed by atoms with Crippen molar-refractivity contribution in [2.45, 2.75) is 39.9 Å². The molecule has 0 amide bonds. The van der Waals surface area contributed by atoms with E-state index in [4.69, 9.17) is 9.47 Å². The number of rotatable bonds is 4. The van der Waals surface area contributed by atoms with Crippen LogP contribution in [-0.4, -0.2) is 25.4 Å². The first kappa shape index (κ1) is 13.5. The van der Waals surface area contributed by atoms with Crippen LogP contribution in [0.25, 0.3) is 0 Å². The molecule has 1 aliphatic rings. The molecule has 0 N–H and O–H groups in total. The van der Waals surface area contributed by atoms with Crippen molar-refractivity contribution in [3.8, 4) is 0 Å². The van der Waals surface area contributed by atoms with Crippen LogP contribution < -0.4 is 0 Å². The van der Waals surface area contributed by atoms with E-state index in [-0.39, 0.29) is 17.6 Å². The van der Waals surface area contributed by atoms with E-state index < -0.39 is 0 Å². The van der Waals surface area contributed by atoms with Crippen molar-refractivity contribution in [3.05, 3.63) is 24.8 Å². The van der Waals surface area contributed by atoms with E-state index in [1.54, 1.807) is 6.08 Å². The Morgan fingerprint density at radius 1 is 1.56 bits per heavy atom. The van der Waals surface area contributed by atoms with Crippen LogP contribution in [0.5, 0.6) is 0 Å². The molecule has 0 aromatic heterocycles. The van der Waals surface area contributed by atoms with Crippen LogP contribution >= 0.6 is 0 Å². The summed E-state index contributed by atoms with van der Waals surface area (Å²) in [6, 6.07) is 0. The van der Waals surface area contributed by atoms with Gasteiger partial charge in [-0.05, 0) is 5.41 Å². The SMILES string of the molecule is C=CCO[C@H]([C@H]1OCC=C[C@H]1C)C(C)(C)C. The summed E-state index contributed by atoms with van der Waals surface area (Å²) < 4.78 is 11.7. The lowest BCUT2D eigenvalue weighted by atomic mass is 9.81. The molecule has 1 rings (SSSR count). The third-order valence-corrected chi connectivity index (χ3v) is 2.89. The minimum atomic E-state index is 0.0765. The number of ether oxygens (including phenoxy) is 2. The topological polar surface area (TPSA) is 18.5 Å². The highest BCUT2D eigenvalue weighted by Gasteiger charge is 2.36. The third kappa shape index (κ3) is 3.46. The summed E-state index contributed by atoms with van der Waals surface area (Å²) in [6.07, 6.45) is 6.33. The maximum absolute atomic E-state index is 5.89. The van der Waals surface area contributed by atoms with E-state index in [1.807, 2.05) is 0 Å². The van der Waals surface area contributed by atoms with Gasteiger partial charge in [0, 0.05) is 5.92 Å². The summed E-state index contributed by atoms with van der Waals surface area (Å²) in [7, 11) is 0. The van der Waals surface area contributed by atoms with E-state index in [1.165, 1.54) is 0 Å². The molecule has 0 saturated carbocycles. The van der Waals surface area contributed by atoms with Crippen molar-refractivity contribution in [2.24, 2.45) is 11.3 Å². The van der Waals surface area contributed by atoms with Gasteiger partial charge >= 0.3 is 0 Å². The second kappa shape index (κ2) is 5.65. The highest BCUT2D eigenvalue weighted by atomic mass is 16.5. The van der Waals surface area contributed by atoms with Gasteiger partial charge in [0.2, 0.25) is 0 Å². The zero-order valence-corrected chi connectivity index (χ0v) is 10.9. The van der Waals surface area contributed by atoms with Crippen LogP contribution in [0.4, 0.5) is 0 Å². The zero-order valence-electron chi connectivity index (χ0n) is 10.9. The molecule has 0 aromatic rings. The molecule has 0 aromatic carbocycles. The molecule has 92 valence electrons. The Labute approximate surface area is 99.3 Å². The summed E-state index contributed by atoms with van der Waals surface area (Å²) in [5, 5.41) is 0. The van der Waals surface area contributed by atoms with E-state index in [9.17, 15) is 0 Å². The Morgan fingerprint density at radius 2 is 2.25 bits per heavy atom. The van der Waals surface area contributed by atoms with Crippen LogP contribution in [0.3, 0.4) is 0 Å². The monoisotopic (exact) mass is 224 g/mol. The molecule has 2 heteroatoms. The first-order valence-electron chi connectivity index (χ1n) is 5.97. The zero-order chi connectivity index (χ0) is 12.2. The van der Waals surface area contributed by atoms with Gasteiger partial charge in [-0.25, -0.2) is 0 Å². The highest BCUT2D eigenvalue weighted by Crippen LogP contribution is 2.31. The molecule has 0 saturated heterocycles. The summed E-state index contributed by atoms with van der Waals surface area (Å²) >= 11 is 0. The molecular weight excluding hydrogens is 200 g/mol. The van der Waals surface area contributed by atoms with Crippen molar-refractivity contribution in [2.75, 3.05) is 13.2 Å². The number of hydrogen-bond donors (Lipinski definition) is 0.